The fourth-order valence-electron chi connectivity index (χ4n) is 3.01. The Morgan fingerprint density at radius 1 is 1.19 bits per heavy atom. The molecule has 3 N–H and O–H groups in total. The van der Waals surface area contributed by atoms with E-state index >= 15 is 0 Å². The summed E-state index contributed by atoms with van der Waals surface area (Å²) in [5.74, 6) is -0.355. The number of hydrogen-bond donors (Lipinski definition) is 3. The highest BCUT2D eigenvalue weighted by Gasteiger charge is 2.36. The van der Waals surface area contributed by atoms with Crippen LogP contribution in [-0.4, -0.2) is 29.2 Å². The van der Waals surface area contributed by atoms with Crippen molar-refractivity contribution in [2.45, 2.75) is 77.2 Å². The molecule has 5 heteroatoms. The normalized spacial score (nSPS) is 17.6. The van der Waals surface area contributed by atoms with Crippen molar-refractivity contribution in [3.8, 4) is 0 Å². The summed E-state index contributed by atoms with van der Waals surface area (Å²) in [5, 5.41) is 14.8. The molecule has 1 aliphatic carbocycles. The lowest BCUT2D eigenvalue weighted by atomic mass is 9.75. The summed E-state index contributed by atoms with van der Waals surface area (Å²) in [6.07, 6.45) is 8.18. The number of hydrogen-bond acceptors (Lipinski definition) is 2. The van der Waals surface area contributed by atoms with E-state index < -0.39 is 5.97 Å². The Balaban J connectivity index is 2.22. The van der Waals surface area contributed by atoms with Crippen molar-refractivity contribution in [1.82, 2.24) is 10.6 Å². The first-order valence-electron chi connectivity index (χ1n) is 8.29. The van der Waals surface area contributed by atoms with Gasteiger partial charge >= 0.3 is 12.0 Å². The lowest BCUT2D eigenvalue weighted by Gasteiger charge is -2.41. The second-order valence-corrected chi connectivity index (χ2v) is 6.24. The third-order valence-electron chi connectivity index (χ3n) is 4.67. The van der Waals surface area contributed by atoms with Crippen LogP contribution < -0.4 is 10.6 Å². The summed E-state index contributed by atoms with van der Waals surface area (Å²) in [4.78, 5) is 22.5. The van der Waals surface area contributed by atoms with E-state index in [9.17, 15) is 9.59 Å². The van der Waals surface area contributed by atoms with E-state index in [2.05, 4.69) is 24.5 Å². The molecule has 1 atom stereocenters. The number of urea groups is 1. The molecule has 1 saturated carbocycles. The average molecular weight is 298 g/mol. The standard InChI is InChI=1S/C16H30N2O3/c1-3-6-13(7-8-14(19)20)9-12-17-15(21)18-16(4-2)10-5-11-16/h13H,3-12H2,1-2H3,(H,19,20)(H2,17,18,21). The van der Waals surface area contributed by atoms with Gasteiger partial charge in [0.25, 0.3) is 0 Å². The third-order valence-corrected chi connectivity index (χ3v) is 4.67. The van der Waals surface area contributed by atoms with Gasteiger partial charge in [0, 0.05) is 18.5 Å². The first kappa shape index (κ1) is 17.8. The van der Waals surface area contributed by atoms with Gasteiger partial charge in [0.15, 0.2) is 0 Å². The molecule has 122 valence electrons. The van der Waals surface area contributed by atoms with Crippen LogP contribution in [0.3, 0.4) is 0 Å². The van der Waals surface area contributed by atoms with Crippen LogP contribution in [0.1, 0.15) is 71.6 Å². The smallest absolute Gasteiger partial charge is 0.315 e. The van der Waals surface area contributed by atoms with Crippen LogP contribution in [0.25, 0.3) is 0 Å². The number of carbonyl (C=O) groups excluding carboxylic acids is 1. The summed E-state index contributed by atoms with van der Waals surface area (Å²) in [5.41, 5.74) is 0.0240. The predicted octanol–water partition coefficient (Wildman–Crippen LogP) is 3.29. The number of aliphatic carboxylic acids is 1. The lowest BCUT2D eigenvalue weighted by Crippen LogP contribution is -2.56. The molecule has 0 radical (unpaired) electrons. The van der Waals surface area contributed by atoms with Gasteiger partial charge in [-0.1, -0.05) is 26.7 Å². The minimum atomic E-state index is -0.739. The fraction of sp³-hybridized carbons (Fsp3) is 0.875. The Bertz CT molecular complexity index is 335. The van der Waals surface area contributed by atoms with Gasteiger partial charge in [0.05, 0.1) is 0 Å². The van der Waals surface area contributed by atoms with Crippen molar-refractivity contribution in [1.29, 1.82) is 0 Å². The van der Waals surface area contributed by atoms with Crippen LogP contribution in [-0.2, 0) is 4.79 Å². The number of amides is 2. The Hall–Kier alpha value is -1.26. The molecule has 0 saturated heterocycles. The minimum absolute atomic E-state index is 0.0240. The highest BCUT2D eigenvalue weighted by molar-refractivity contribution is 5.74. The largest absolute Gasteiger partial charge is 0.481 e. The van der Waals surface area contributed by atoms with Crippen LogP contribution in [0.4, 0.5) is 4.79 Å². The number of carboxylic acid groups (broad SMARTS) is 1. The minimum Gasteiger partial charge on any atom is -0.481 e. The van der Waals surface area contributed by atoms with E-state index in [-0.39, 0.29) is 18.0 Å². The van der Waals surface area contributed by atoms with Gasteiger partial charge in [-0.2, -0.15) is 0 Å². The van der Waals surface area contributed by atoms with E-state index in [1.807, 2.05) is 0 Å². The van der Waals surface area contributed by atoms with Crippen molar-refractivity contribution in [2.24, 2.45) is 5.92 Å². The molecule has 0 spiro atoms. The first-order chi connectivity index (χ1) is 10.0. The Labute approximate surface area is 127 Å². The van der Waals surface area contributed by atoms with E-state index in [0.717, 1.165) is 38.5 Å². The van der Waals surface area contributed by atoms with Gasteiger partial charge in [-0.25, -0.2) is 4.79 Å². The van der Waals surface area contributed by atoms with Crippen molar-refractivity contribution in [2.75, 3.05) is 6.54 Å². The van der Waals surface area contributed by atoms with E-state index in [4.69, 9.17) is 5.11 Å². The molecule has 0 aromatic carbocycles. The molecule has 1 fully saturated rings. The number of carboxylic acids is 1. The summed E-state index contributed by atoms with van der Waals surface area (Å²) in [7, 11) is 0. The van der Waals surface area contributed by atoms with Crippen LogP contribution in [0.15, 0.2) is 0 Å². The molecule has 0 aliphatic heterocycles. The van der Waals surface area contributed by atoms with Gasteiger partial charge in [-0.15, -0.1) is 0 Å². The van der Waals surface area contributed by atoms with Gasteiger partial charge in [0.2, 0.25) is 0 Å². The molecule has 0 aromatic heterocycles. The zero-order chi connectivity index (χ0) is 15.7. The van der Waals surface area contributed by atoms with Gasteiger partial charge in [0.1, 0.15) is 0 Å². The monoisotopic (exact) mass is 298 g/mol. The molecular weight excluding hydrogens is 268 g/mol. The van der Waals surface area contributed by atoms with Crippen LogP contribution >= 0.6 is 0 Å². The maximum atomic E-state index is 11.9. The third kappa shape index (κ3) is 6.36. The topological polar surface area (TPSA) is 78.4 Å². The highest BCUT2D eigenvalue weighted by atomic mass is 16.4. The molecule has 0 heterocycles. The molecule has 5 nitrogen and oxygen atoms in total. The molecule has 1 aliphatic rings. The Morgan fingerprint density at radius 2 is 1.90 bits per heavy atom. The lowest BCUT2D eigenvalue weighted by molar-refractivity contribution is -0.137. The number of rotatable bonds is 10. The quantitative estimate of drug-likeness (QED) is 0.579. The summed E-state index contributed by atoms with van der Waals surface area (Å²) in [6.45, 7) is 4.84. The van der Waals surface area contributed by atoms with Crippen molar-refractivity contribution >= 4 is 12.0 Å². The number of nitrogens with one attached hydrogen (secondary N) is 2. The zero-order valence-electron chi connectivity index (χ0n) is 13.4. The first-order valence-corrected chi connectivity index (χ1v) is 8.29. The summed E-state index contributed by atoms with van der Waals surface area (Å²) in [6, 6.07) is -0.0787. The van der Waals surface area contributed by atoms with Crippen molar-refractivity contribution in [3.63, 3.8) is 0 Å². The van der Waals surface area contributed by atoms with Crippen molar-refractivity contribution in [3.05, 3.63) is 0 Å². The highest BCUT2D eigenvalue weighted by Crippen LogP contribution is 2.34. The maximum Gasteiger partial charge on any atom is 0.315 e. The van der Waals surface area contributed by atoms with Gasteiger partial charge < -0.3 is 15.7 Å². The molecule has 1 unspecified atom stereocenters. The molecule has 1 rings (SSSR count). The maximum absolute atomic E-state index is 11.9. The zero-order valence-corrected chi connectivity index (χ0v) is 13.4. The molecular formula is C16H30N2O3. The average Bonchev–Trinajstić information content (AvgIpc) is 2.40. The predicted molar refractivity (Wildman–Crippen MR) is 83.3 cm³/mol. The number of carbonyl (C=O) groups is 2. The second kappa shape index (κ2) is 8.90. The van der Waals surface area contributed by atoms with Gasteiger partial charge in [-0.05, 0) is 44.4 Å². The summed E-state index contributed by atoms with van der Waals surface area (Å²) >= 11 is 0. The van der Waals surface area contributed by atoms with Gasteiger partial charge in [-0.3, -0.25) is 4.79 Å². The van der Waals surface area contributed by atoms with Crippen LogP contribution in [0.5, 0.6) is 0 Å². The summed E-state index contributed by atoms with van der Waals surface area (Å²) < 4.78 is 0. The molecule has 0 bridgehead atoms. The van der Waals surface area contributed by atoms with E-state index in [0.29, 0.717) is 18.9 Å². The van der Waals surface area contributed by atoms with E-state index in [1.165, 1.54) is 6.42 Å². The van der Waals surface area contributed by atoms with Crippen molar-refractivity contribution < 1.29 is 14.7 Å². The van der Waals surface area contributed by atoms with Crippen LogP contribution in [0, 0.1) is 5.92 Å². The Morgan fingerprint density at radius 3 is 2.38 bits per heavy atom. The Kier molecular flexibility index (Phi) is 7.54. The molecule has 21 heavy (non-hydrogen) atoms. The molecule has 2 amide bonds. The SMILES string of the molecule is CCCC(CCNC(=O)NC1(CC)CCC1)CCC(=O)O. The fourth-order valence-corrected chi connectivity index (χ4v) is 3.01. The van der Waals surface area contributed by atoms with Crippen LogP contribution in [0.2, 0.25) is 0 Å². The second-order valence-electron chi connectivity index (χ2n) is 6.24. The molecule has 0 aromatic rings. The van der Waals surface area contributed by atoms with E-state index in [1.54, 1.807) is 0 Å².